The highest BCUT2D eigenvalue weighted by Gasteiger charge is 2.15. The van der Waals surface area contributed by atoms with Gasteiger partial charge in [-0.3, -0.25) is 9.97 Å². The van der Waals surface area contributed by atoms with Crippen molar-refractivity contribution in [3.8, 4) is 22.4 Å². The Labute approximate surface area is 143 Å². The van der Waals surface area contributed by atoms with Crippen molar-refractivity contribution >= 4 is 22.1 Å². The van der Waals surface area contributed by atoms with E-state index in [2.05, 4.69) is 33.2 Å². The van der Waals surface area contributed by atoms with Gasteiger partial charge in [0, 0.05) is 35.7 Å². The second-order valence-corrected chi connectivity index (χ2v) is 5.82. The van der Waals surface area contributed by atoms with Gasteiger partial charge < -0.3 is 4.42 Å². The lowest BCUT2D eigenvalue weighted by molar-refractivity contribution is 0.654. The minimum atomic E-state index is 0.611. The van der Waals surface area contributed by atoms with Crippen LogP contribution in [0.3, 0.4) is 0 Å². The van der Waals surface area contributed by atoms with E-state index in [9.17, 15) is 0 Å². The molecule has 5 rings (SSSR count). The lowest BCUT2D eigenvalue weighted by Crippen LogP contribution is -1.84. The molecule has 0 aliphatic carbocycles. The maximum Gasteiger partial charge on any atom is 0.227 e. The van der Waals surface area contributed by atoms with Crippen molar-refractivity contribution in [2.75, 3.05) is 0 Å². The fourth-order valence-corrected chi connectivity index (χ4v) is 3.07. The van der Waals surface area contributed by atoms with Gasteiger partial charge in [-0.15, -0.1) is 0 Å². The zero-order valence-corrected chi connectivity index (χ0v) is 13.3. The summed E-state index contributed by atoms with van der Waals surface area (Å²) >= 11 is 0. The van der Waals surface area contributed by atoms with Crippen LogP contribution < -0.4 is 0 Å². The van der Waals surface area contributed by atoms with Crippen molar-refractivity contribution in [2.45, 2.75) is 0 Å². The van der Waals surface area contributed by atoms with Crippen LogP contribution in [0.1, 0.15) is 0 Å². The van der Waals surface area contributed by atoms with Crippen LogP contribution in [0.2, 0.25) is 0 Å². The monoisotopic (exact) mass is 323 g/mol. The minimum Gasteiger partial charge on any atom is -0.437 e. The van der Waals surface area contributed by atoms with E-state index in [1.54, 1.807) is 12.4 Å². The van der Waals surface area contributed by atoms with Crippen molar-refractivity contribution in [2.24, 2.45) is 0 Å². The molecule has 4 heterocycles. The van der Waals surface area contributed by atoms with Crippen molar-refractivity contribution in [3.63, 3.8) is 0 Å². The van der Waals surface area contributed by atoms with E-state index in [0.29, 0.717) is 5.71 Å². The van der Waals surface area contributed by atoms with Crippen molar-refractivity contribution in [3.05, 3.63) is 79.4 Å². The number of nitrogens with zero attached hydrogens (tertiary/aromatic N) is 3. The Bertz CT molecular complexity index is 1180. The van der Waals surface area contributed by atoms with Crippen LogP contribution in [-0.2, 0) is 0 Å². The Kier molecular flexibility index (Phi) is 3.07. The lowest BCUT2D eigenvalue weighted by atomic mass is 10.1. The van der Waals surface area contributed by atoms with Gasteiger partial charge in [0.25, 0.3) is 0 Å². The molecule has 0 atom stereocenters. The molecule has 118 valence electrons. The number of benzene rings is 1. The molecule has 4 heteroatoms. The maximum atomic E-state index is 6.04. The van der Waals surface area contributed by atoms with E-state index < -0.39 is 0 Å². The van der Waals surface area contributed by atoms with Crippen LogP contribution in [0.25, 0.3) is 44.5 Å². The van der Waals surface area contributed by atoms with Gasteiger partial charge in [0.05, 0.1) is 16.6 Å². The average molecular weight is 323 g/mol. The molecule has 1 aromatic carbocycles. The summed E-state index contributed by atoms with van der Waals surface area (Å²) in [5, 5.41) is 1.91. The zero-order valence-electron chi connectivity index (χ0n) is 13.3. The maximum absolute atomic E-state index is 6.04. The topological polar surface area (TPSA) is 51.8 Å². The molecule has 25 heavy (non-hydrogen) atoms. The van der Waals surface area contributed by atoms with E-state index >= 15 is 0 Å². The Hall–Kier alpha value is -3.53. The van der Waals surface area contributed by atoms with Crippen LogP contribution in [0.4, 0.5) is 0 Å². The Morgan fingerprint density at radius 1 is 0.720 bits per heavy atom. The number of hydrogen-bond acceptors (Lipinski definition) is 4. The number of hydrogen-bond donors (Lipinski definition) is 0. The largest absolute Gasteiger partial charge is 0.437 e. The predicted octanol–water partition coefficient (Wildman–Crippen LogP) is 5.11. The Morgan fingerprint density at radius 2 is 1.60 bits per heavy atom. The minimum absolute atomic E-state index is 0.611. The predicted molar refractivity (Wildman–Crippen MR) is 98.0 cm³/mol. The van der Waals surface area contributed by atoms with Gasteiger partial charge in [-0.25, -0.2) is 4.98 Å². The molecular weight excluding hydrogens is 310 g/mol. The molecule has 0 spiro atoms. The summed E-state index contributed by atoms with van der Waals surface area (Å²) in [6.07, 6.45) is 7.21. The van der Waals surface area contributed by atoms with E-state index in [1.165, 1.54) is 0 Å². The molecule has 0 aliphatic heterocycles. The van der Waals surface area contributed by atoms with Crippen LogP contribution >= 0.6 is 0 Å². The molecule has 0 unspecified atom stereocenters. The summed E-state index contributed by atoms with van der Waals surface area (Å²) < 4.78 is 6.04. The first kappa shape index (κ1) is 13.9. The first-order valence-electron chi connectivity index (χ1n) is 8.03. The van der Waals surface area contributed by atoms with E-state index in [0.717, 1.165) is 38.7 Å². The first-order valence-corrected chi connectivity index (χ1v) is 8.03. The third-order valence-electron chi connectivity index (χ3n) is 4.28. The molecule has 0 aliphatic rings. The van der Waals surface area contributed by atoms with Crippen molar-refractivity contribution in [1.82, 2.24) is 15.0 Å². The number of aromatic nitrogens is 3. The molecule has 4 nitrogen and oxygen atoms in total. The standard InChI is InChI=1S/C21H13N3O/c1-2-6-14(7-3-1)15-10-16-17-12-22-13-18(19-8-4-5-9-23-19)20(17)25-21(16)24-11-15/h1-13H. The van der Waals surface area contributed by atoms with Crippen LogP contribution in [0, 0.1) is 0 Å². The molecule has 0 radical (unpaired) electrons. The summed E-state index contributed by atoms with van der Waals surface area (Å²) in [7, 11) is 0. The van der Waals surface area contributed by atoms with Gasteiger partial charge in [0.2, 0.25) is 5.71 Å². The average Bonchev–Trinajstić information content (AvgIpc) is 3.07. The molecule has 0 fully saturated rings. The second-order valence-electron chi connectivity index (χ2n) is 5.82. The summed E-state index contributed by atoms with van der Waals surface area (Å²) in [6.45, 7) is 0. The normalized spacial score (nSPS) is 11.2. The summed E-state index contributed by atoms with van der Waals surface area (Å²) in [6, 6.07) is 18.1. The van der Waals surface area contributed by atoms with Crippen LogP contribution in [-0.4, -0.2) is 15.0 Å². The first-order chi connectivity index (χ1) is 12.4. The zero-order chi connectivity index (χ0) is 16.6. The molecule has 0 N–H and O–H groups in total. The third kappa shape index (κ3) is 2.27. The van der Waals surface area contributed by atoms with Gasteiger partial charge in [0.1, 0.15) is 5.58 Å². The van der Waals surface area contributed by atoms with Gasteiger partial charge in [-0.05, 0) is 23.8 Å². The quantitative estimate of drug-likeness (QED) is 0.453. The molecule has 0 saturated heterocycles. The number of rotatable bonds is 2. The number of furan rings is 1. The van der Waals surface area contributed by atoms with Gasteiger partial charge >= 0.3 is 0 Å². The molecule has 0 amide bonds. The van der Waals surface area contributed by atoms with Crippen molar-refractivity contribution < 1.29 is 4.42 Å². The summed E-state index contributed by atoms with van der Waals surface area (Å²) in [5.41, 5.74) is 5.26. The lowest BCUT2D eigenvalue weighted by Gasteiger charge is -2.00. The van der Waals surface area contributed by atoms with Crippen molar-refractivity contribution in [1.29, 1.82) is 0 Å². The van der Waals surface area contributed by atoms with E-state index in [-0.39, 0.29) is 0 Å². The van der Waals surface area contributed by atoms with Gasteiger partial charge in [-0.2, -0.15) is 0 Å². The SMILES string of the molecule is c1ccc(-c2cnc3oc4c(-c5ccccn5)cncc4c3c2)cc1. The smallest absolute Gasteiger partial charge is 0.227 e. The summed E-state index contributed by atoms with van der Waals surface area (Å²) in [4.78, 5) is 13.3. The summed E-state index contributed by atoms with van der Waals surface area (Å²) in [5.74, 6) is 0. The molecular formula is C21H13N3O. The van der Waals surface area contributed by atoms with E-state index in [4.69, 9.17) is 4.42 Å². The fourth-order valence-electron chi connectivity index (χ4n) is 3.07. The van der Waals surface area contributed by atoms with Gasteiger partial charge in [0.15, 0.2) is 0 Å². The Balaban J connectivity index is 1.77. The number of pyridine rings is 3. The molecule has 4 aromatic heterocycles. The Morgan fingerprint density at radius 3 is 2.44 bits per heavy atom. The highest BCUT2D eigenvalue weighted by atomic mass is 16.3. The molecule has 0 saturated carbocycles. The van der Waals surface area contributed by atoms with Gasteiger partial charge in [-0.1, -0.05) is 36.4 Å². The fraction of sp³-hybridized carbons (Fsp3) is 0. The third-order valence-corrected chi connectivity index (χ3v) is 4.28. The molecule has 5 aromatic rings. The molecule has 0 bridgehead atoms. The second kappa shape index (κ2) is 5.53. The van der Waals surface area contributed by atoms with E-state index in [1.807, 2.05) is 48.8 Å². The van der Waals surface area contributed by atoms with Crippen LogP contribution in [0.15, 0.2) is 83.8 Å². The van der Waals surface area contributed by atoms with Crippen LogP contribution in [0.5, 0.6) is 0 Å². The number of fused-ring (bicyclic) bond motifs is 3. The highest BCUT2D eigenvalue weighted by molar-refractivity contribution is 6.08. The highest BCUT2D eigenvalue weighted by Crippen LogP contribution is 2.35.